The molecule has 0 fully saturated rings. The fraction of sp³-hybridized carbons (Fsp3) is 0.600. The topological polar surface area (TPSA) is 281 Å². The molecule has 0 spiro atoms. The number of hydrogen-bond acceptors (Lipinski definition) is 15. The Morgan fingerprint density at radius 3 is 2.08 bits per heavy atom. The Labute approximate surface area is 416 Å². The van der Waals surface area contributed by atoms with Gasteiger partial charge in [-0.1, -0.05) is 12.1 Å². The monoisotopic (exact) mass is 998 g/mol. The van der Waals surface area contributed by atoms with Crippen LogP contribution in [0.1, 0.15) is 126 Å². The van der Waals surface area contributed by atoms with Gasteiger partial charge >= 0.3 is 18.3 Å². The van der Waals surface area contributed by atoms with Crippen molar-refractivity contribution in [2.24, 2.45) is 0 Å². The highest BCUT2D eigenvalue weighted by Gasteiger charge is 2.37. The highest BCUT2D eigenvalue weighted by Crippen LogP contribution is 2.40. The van der Waals surface area contributed by atoms with E-state index in [-0.39, 0.29) is 66.3 Å². The zero-order chi connectivity index (χ0) is 53.8. The lowest BCUT2D eigenvalue weighted by Crippen LogP contribution is -2.58. The van der Waals surface area contributed by atoms with Gasteiger partial charge in [-0.15, -0.1) is 0 Å². The van der Waals surface area contributed by atoms with Crippen molar-refractivity contribution >= 4 is 47.8 Å². The molecule has 2 aromatic rings. The van der Waals surface area contributed by atoms with Gasteiger partial charge in [0.05, 0.1) is 18.1 Å². The summed E-state index contributed by atoms with van der Waals surface area (Å²) in [6, 6.07) is 2.65. The van der Waals surface area contributed by atoms with E-state index in [1.807, 2.05) is 0 Å². The summed E-state index contributed by atoms with van der Waals surface area (Å²) in [6.45, 7) is 19.6. The molecule has 0 saturated heterocycles. The summed E-state index contributed by atoms with van der Waals surface area (Å²) in [5.74, 6) is -3.55. The third-order valence-electron chi connectivity index (χ3n) is 10.8. The Hall–Kier alpha value is -6.48. The maximum absolute atomic E-state index is 14.9. The molecule has 1 aliphatic rings. The number of likely N-dealkylation sites (N-methyl/N-ethyl adjacent to an activating group) is 1. The summed E-state index contributed by atoms with van der Waals surface area (Å²) in [5, 5.41) is 36.5. The summed E-state index contributed by atoms with van der Waals surface area (Å²) in [5.41, 5.74) is -1.72. The molecule has 0 radical (unpaired) electrons. The van der Waals surface area contributed by atoms with Crippen molar-refractivity contribution in [1.82, 2.24) is 36.4 Å². The van der Waals surface area contributed by atoms with E-state index in [1.54, 1.807) is 68.4 Å². The predicted molar refractivity (Wildman–Crippen MR) is 262 cm³/mol. The quantitative estimate of drug-likeness (QED) is 0.0549. The zero-order valence-corrected chi connectivity index (χ0v) is 43.6. The average molecular weight is 998 g/mol. The van der Waals surface area contributed by atoms with Crippen LogP contribution in [-0.2, 0) is 44.6 Å². The number of hydrogen-bond donors (Lipinski definition) is 7. The maximum Gasteiger partial charge on any atom is 0.514 e. The molecule has 71 heavy (non-hydrogen) atoms. The third-order valence-corrected chi connectivity index (χ3v) is 10.8. The minimum atomic E-state index is -1.58. The van der Waals surface area contributed by atoms with E-state index in [1.165, 1.54) is 70.1 Å². The van der Waals surface area contributed by atoms with Gasteiger partial charge in [0.25, 0.3) is 0 Å². The first-order valence-corrected chi connectivity index (χ1v) is 23.6. The molecule has 21 nitrogen and oxygen atoms in total. The molecule has 0 saturated carbocycles. The molecule has 6 amide bonds. The third kappa shape index (κ3) is 19.3. The number of alkyl carbamates (subject to hydrolysis) is 1. The number of phenolic OH excluding ortho intramolecular Hbond substituents is 1. The van der Waals surface area contributed by atoms with Crippen LogP contribution in [0.15, 0.2) is 36.4 Å². The van der Waals surface area contributed by atoms with E-state index >= 15 is 0 Å². The molecule has 4 bridgehead atoms. The van der Waals surface area contributed by atoms with E-state index in [2.05, 4.69) is 26.6 Å². The minimum absolute atomic E-state index is 0.0282. The number of carbonyl (C=O) groups excluding carboxylic acids is 8. The number of Topliss-reactive ketones (excluding diaryl/α,β-unsaturated/α-hetero) is 1. The summed E-state index contributed by atoms with van der Waals surface area (Å²) < 4.78 is 21.9. The standard InChI is InChI=1S/C50H75N7O14/c1-28(30(3)58)52-42(62)36-26-31-18-20-37(59)33(25-31)34-27-32(19-21-38(34)68-47(67)71-50(10,11)12)40(43(63)53-29(2)41(61)55-36)57(14)44(64)35(17-15-16-23-51-45(65)69-48(4,5)6)54-39(60)22-24-56(13)46(66)70-49(7,8)9/h18-21,25,27-29,35-36,40-41,55,59,61H,15-17,22-24,26H2,1-14H3,(H,51,65)(H,52,62)(H,53,63)(H,54,60)/t28-,29-,35-,36-,40-,41?/m0/s1. The Balaban J connectivity index is 2.17. The van der Waals surface area contributed by atoms with Crippen LogP contribution in [0.25, 0.3) is 11.1 Å². The predicted octanol–water partition coefficient (Wildman–Crippen LogP) is 4.74. The number of aromatic hydroxyl groups is 1. The van der Waals surface area contributed by atoms with Crippen LogP contribution < -0.4 is 31.3 Å². The number of benzene rings is 2. The number of phenols is 1. The first kappa shape index (κ1) is 58.8. The lowest BCUT2D eigenvalue weighted by Gasteiger charge is -2.34. The first-order chi connectivity index (χ1) is 32.7. The fourth-order valence-corrected chi connectivity index (χ4v) is 7.04. The second-order valence-electron chi connectivity index (χ2n) is 20.7. The molecule has 394 valence electrons. The highest BCUT2D eigenvalue weighted by molar-refractivity contribution is 5.94. The van der Waals surface area contributed by atoms with E-state index in [0.717, 1.165) is 4.90 Å². The van der Waals surface area contributed by atoms with Gasteiger partial charge in [0, 0.05) is 44.7 Å². The maximum atomic E-state index is 14.9. The lowest BCUT2D eigenvalue weighted by atomic mass is 9.93. The number of nitrogens with zero attached hydrogens (tertiary/aromatic N) is 2. The van der Waals surface area contributed by atoms with Gasteiger partial charge in [-0.05, 0) is 144 Å². The molecule has 3 rings (SSSR count). The Kier molecular flexibility index (Phi) is 20.8. The Morgan fingerprint density at radius 2 is 1.48 bits per heavy atom. The van der Waals surface area contributed by atoms with Crippen LogP contribution in [0.5, 0.6) is 11.5 Å². The van der Waals surface area contributed by atoms with Crippen molar-refractivity contribution in [2.45, 2.75) is 168 Å². The number of unbranched alkanes of at least 4 members (excludes halogenated alkanes) is 1. The second kappa shape index (κ2) is 25.1. The fourth-order valence-electron chi connectivity index (χ4n) is 7.04. The van der Waals surface area contributed by atoms with Gasteiger partial charge in [-0.2, -0.15) is 0 Å². The molecule has 0 aliphatic carbocycles. The number of ether oxygens (including phenoxy) is 4. The molecule has 7 N–H and O–H groups in total. The smallest absolute Gasteiger partial charge is 0.507 e. The normalized spacial score (nSPS) is 18.2. The van der Waals surface area contributed by atoms with E-state index in [4.69, 9.17) is 18.9 Å². The SMILES string of the molecule is CC(=O)[C@H](C)NC(=O)[C@@H]1Cc2ccc(O)c(c2)-c2cc(ccc2OC(=O)OC(C)(C)C)[C@H](N(C)C(=O)[C@H](CCCCNC(=O)OC(C)(C)C)NC(=O)CCN(C)C(=O)OC(C)(C)C)C(=O)N[C@@H](C)C(O)N1. The summed E-state index contributed by atoms with van der Waals surface area (Å²) >= 11 is 0. The molecule has 6 atom stereocenters. The molecule has 2 aromatic carbocycles. The molecular formula is C50H75N7O14. The lowest BCUT2D eigenvalue weighted by molar-refractivity contribution is -0.142. The number of ketones is 1. The van der Waals surface area contributed by atoms with Crippen molar-refractivity contribution in [1.29, 1.82) is 0 Å². The number of carbonyl (C=O) groups is 8. The molecule has 1 aliphatic heterocycles. The highest BCUT2D eigenvalue weighted by atomic mass is 16.7. The molecule has 1 unspecified atom stereocenters. The van der Waals surface area contributed by atoms with Gasteiger partial charge in [-0.3, -0.25) is 29.3 Å². The van der Waals surface area contributed by atoms with Gasteiger partial charge in [0.2, 0.25) is 23.6 Å². The van der Waals surface area contributed by atoms with Gasteiger partial charge in [0.1, 0.15) is 46.6 Å². The van der Waals surface area contributed by atoms with E-state index < -0.39 is 95.2 Å². The number of nitrogens with one attached hydrogen (secondary N) is 5. The van der Waals surface area contributed by atoms with Crippen molar-refractivity contribution in [2.75, 3.05) is 27.2 Å². The van der Waals surface area contributed by atoms with Crippen LogP contribution in [0, 0.1) is 0 Å². The number of aliphatic hydroxyl groups is 1. The van der Waals surface area contributed by atoms with E-state index in [9.17, 15) is 48.6 Å². The average Bonchev–Trinajstić information content (AvgIpc) is 3.23. The first-order valence-electron chi connectivity index (χ1n) is 23.6. The second-order valence-corrected chi connectivity index (χ2v) is 20.7. The number of rotatable bonds is 15. The number of aliphatic hydroxyl groups excluding tert-OH is 1. The minimum Gasteiger partial charge on any atom is -0.507 e. The molecule has 21 heteroatoms. The zero-order valence-electron chi connectivity index (χ0n) is 43.6. The molecule has 0 aromatic heterocycles. The Morgan fingerprint density at radius 1 is 0.845 bits per heavy atom. The van der Waals surface area contributed by atoms with Crippen LogP contribution in [0.4, 0.5) is 14.4 Å². The van der Waals surface area contributed by atoms with Crippen molar-refractivity contribution < 1.29 is 67.5 Å². The summed E-state index contributed by atoms with van der Waals surface area (Å²) in [4.78, 5) is 110. The largest absolute Gasteiger partial charge is 0.514 e. The summed E-state index contributed by atoms with van der Waals surface area (Å²) in [6.07, 6.45) is -3.60. The van der Waals surface area contributed by atoms with Crippen LogP contribution in [0.3, 0.4) is 0 Å². The van der Waals surface area contributed by atoms with Crippen molar-refractivity contribution in [3.05, 3.63) is 47.5 Å². The molecular weight excluding hydrogens is 923 g/mol. The van der Waals surface area contributed by atoms with Crippen molar-refractivity contribution in [3.63, 3.8) is 0 Å². The van der Waals surface area contributed by atoms with Gasteiger partial charge < -0.3 is 60.2 Å². The summed E-state index contributed by atoms with van der Waals surface area (Å²) in [7, 11) is 2.81. The van der Waals surface area contributed by atoms with Crippen molar-refractivity contribution in [3.8, 4) is 22.6 Å². The van der Waals surface area contributed by atoms with E-state index in [0.29, 0.717) is 18.4 Å². The number of amides is 6. The number of fused-ring (bicyclic) bond motifs is 5. The van der Waals surface area contributed by atoms with Gasteiger partial charge in [-0.25, -0.2) is 14.4 Å². The molecule has 1 heterocycles. The van der Waals surface area contributed by atoms with Crippen LogP contribution in [-0.4, -0.2) is 142 Å². The van der Waals surface area contributed by atoms with Crippen LogP contribution in [0.2, 0.25) is 0 Å². The Bertz CT molecular complexity index is 2250. The van der Waals surface area contributed by atoms with Crippen LogP contribution >= 0.6 is 0 Å². The van der Waals surface area contributed by atoms with Gasteiger partial charge in [0.15, 0.2) is 5.78 Å².